The highest BCUT2D eigenvalue weighted by molar-refractivity contribution is 6.31. The molecule has 2 aromatic carbocycles. The van der Waals surface area contributed by atoms with E-state index in [1.54, 1.807) is 19.1 Å². The van der Waals surface area contributed by atoms with Crippen LogP contribution in [0.3, 0.4) is 0 Å². The SMILES string of the molecule is C/C(Cl)=C/c1cc(F)ccc1CN(CC(=O)OC(C)C)c1ccccc1. The van der Waals surface area contributed by atoms with Gasteiger partial charge in [-0.3, -0.25) is 4.79 Å². The molecule has 0 aliphatic heterocycles. The van der Waals surface area contributed by atoms with Crippen LogP contribution < -0.4 is 4.90 Å². The highest BCUT2D eigenvalue weighted by Crippen LogP contribution is 2.22. The van der Waals surface area contributed by atoms with Crippen LogP contribution in [-0.4, -0.2) is 18.6 Å². The highest BCUT2D eigenvalue weighted by atomic mass is 35.5. The fourth-order valence-electron chi connectivity index (χ4n) is 2.60. The molecular formula is C21H23ClFNO2. The Bertz CT molecular complexity index is 771. The molecule has 0 N–H and O–H groups in total. The van der Waals surface area contributed by atoms with Crippen molar-refractivity contribution in [3.63, 3.8) is 0 Å². The minimum atomic E-state index is -0.330. The number of para-hydroxylation sites is 1. The van der Waals surface area contributed by atoms with Crippen molar-refractivity contribution in [2.75, 3.05) is 11.4 Å². The van der Waals surface area contributed by atoms with Crippen LogP contribution in [0.1, 0.15) is 31.9 Å². The van der Waals surface area contributed by atoms with Gasteiger partial charge in [-0.05, 0) is 62.2 Å². The molecule has 0 aliphatic carbocycles. The van der Waals surface area contributed by atoms with Crippen molar-refractivity contribution in [3.8, 4) is 0 Å². The number of hydrogen-bond acceptors (Lipinski definition) is 3. The van der Waals surface area contributed by atoms with Crippen molar-refractivity contribution in [1.82, 2.24) is 0 Å². The number of benzene rings is 2. The molecule has 0 unspecified atom stereocenters. The third-order valence-electron chi connectivity index (χ3n) is 3.63. The molecule has 0 radical (unpaired) electrons. The lowest BCUT2D eigenvalue weighted by molar-refractivity contribution is -0.145. The number of carbonyl (C=O) groups excluding carboxylic acids is 1. The molecule has 0 spiro atoms. The topological polar surface area (TPSA) is 29.5 Å². The highest BCUT2D eigenvalue weighted by Gasteiger charge is 2.16. The maximum Gasteiger partial charge on any atom is 0.325 e. The molecule has 0 amide bonds. The van der Waals surface area contributed by atoms with Crippen LogP contribution >= 0.6 is 11.6 Å². The van der Waals surface area contributed by atoms with Gasteiger partial charge >= 0.3 is 5.97 Å². The molecule has 0 saturated heterocycles. The summed E-state index contributed by atoms with van der Waals surface area (Å²) < 4.78 is 18.9. The van der Waals surface area contributed by atoms with Gasteiger partial charge in [0, 0.05) is 17.3 Å². The van der Waals surface area contributed by atoms with Crippen molar-refractivity contribution in [1.29, 1.82) is 0 Å². The number of ether oxygens (including phenoxy) is 1. The van der Waals surface area contributed by atoms with Crippen molar-refractivity contribution in [3.05, 3.63) is 70.5 Å². The van der Waals surface area contributed by atoms with Crippen LogP contribution in [0.2, 0.25) is 0 Å². The largest absolute Gasteiger partial charge is 0.462 e. The standard InChI is InChI=1S/C21H23ClFNO2/c1-15(2)26-21(25)14-24(20-7-5-4-6-8-20)13-17-9-10-19(23)12-18(17)11-16(3)22/h4-12,15H,13-14H2,1-3H3/b16-11-. The monoisotopic (exact) mass is 375 g/mol. The Labute approximate surface area is 159 Å². The van der Waals surface area contributed by atoms with Gasteiger partial charge in [-0.1, -0.05) is 35.9 Å². The molecule has 0 aromatic heterocycles. The minimum absolute atomic E-state index is 0.0998. The number of anilines is 1. The van der Waals surface area contributed by atoms with Crippen molar-refractivity contribution in [2.45, 2.75) is 33.4 Å². The predicted octanol–water partition coefficient (Wildman–Crippen LogP) is 5.38. The first kappa shape index (κ1) is 20.0. The van der Waals surface area contributed by atoms with Crippen LogP contribution in [-0.2, 0) is 16.1 Å². The van der Waals surface area contributed by atoms with E-state index in [-0.39, 0.29) is 24.4 Å². The van der Waals surface area contributed by atoms with Gasteiger partial charge in [0.25, 0.3) is 0 Å². The van der Waals surface area contributed by atoms with Gasteiger partial charge in [-0.25, -0.2) is 4.39 Å². The quantitative estimate of drug-likeness (QED) is 0.608. The number of rotatable bonds is 7. The maximum atomic E-state index is 13.7. The molecule has 0 fully saturated rings. The second kappa shape index (κ2) is 9.39. The number of hydrogen-bond donors (Lipinski definition) is 0. The number of carbonyl (C=O) groups is 1. The second-order valence-corrected chi connectivity index (χ2v) is 6.90. The molecule has 0 heterocycles. The molecule has 2 rings (SSSR count). The van der Waals surface area contributed by atoms with Gasteiger partial charge in [-0.2, -0.15) is 0 Å². The second-order valence-electron chi connectivity index (χ2n) is 6.30. The van der Waals surface area contributed by atoms with Gasteiger partial charge in [0.05, 0.1) is 6.10 Å². The molecule has 0 aliphatic rings. The molecule has 0 saturated carbocycles. The summed E-state index contributed by atoms with van der Waals surface area (Å²) in [5, 5.41) is 0.558. The zero-order valence-corrected chi connectivity index (χ0v) is 16.0. The zero-order chi connectivity index (χ0) is 19.1. The molecule has 2 aromatic rings. The van der Waals surface area contributed by atoms with Crippen molar-refractivity contribution in [2.24, 2.45) is 0 Å². The lowest BCUT2D eigenvalue weighted by Crippen LogP contribution is -2.32. The molecule has 5 heteroatoms. The Hall–Kier alpha value is -2.33. The van der Waals surface area contributed by atoms with E-state index >= 15 is 0 Å². The lowest BCUT2D eigenvalue weighted by Gasteiger charge is -2.25. The zero-order valence-electron chi connectivity index (χ0n) is 15.2. The fourth-order valence-corrected chi connectivity index (χ4v) is 2.71. The Morgan fingerprint density at radius 2 is 1.92 bits per heavy atom. The van der Waals surface area contributed by atoms with Crippen LogP contribution in [0.15, 0.2) is 53.6 Å². The molecule has 26 heavy (non-hydrogen) atoms. The number of halogens is 2. The minimum Gasteiger partial charge on any atom is -0.462 e. The van der Waals surface area contributed by atoms with E-state index in [0.29, 0.717) is 17.1 Å². The molecule has 0 atom stereocenters. The summed E-state index contributed by atoms with van der Waals surface area (Å²) in [5.41, 5.74) is 2.44. The van der Waals surface area contributed by atoms with Crippen LogP contribution in [0, 0.1) is 5.82 Å². The third-order valence-corrected chi connectivity index (χ3v) is 3.74. The smallest absolute Gasteiger partial charge is 0.325 e. The van der Waals surface area contributed by atoms with Crippen molar-refractivity contribution < 1.29 is 13.9 Å². The van der Waals surface area contributed by atoms with E-state index in [9.17, 15) is 9.18 Å². The summed E-state index contributed by atoms with van der Waals surface area (Å²) in [4.78, 5) is 14.1. The average Bonchev–Trinajstić information content (AvgIpc) is 2.56. The molecule has 0 bridgehead atoms. The summed E-state index contributed by atoms with van der Waals surface area (Å²) in [5.74, 6) is -0.639. The lowest BCUT2D eigenvalue weighted by atomic mass is 10.1. The van der Waals surface area contributed by atoms with Crippen LogP contribution in [0.25, 0.3) is 6.08 Å². The Morgan fingerprint density at radius 3 is 2.54 bits per heavy atom. The van der Waals surface area contributed by atoms with Gasteiger partial charge in [-0.15, -0.1) is 0 Å². The summed E-state index contributed by atoms with van der Waals surface area (Å²) >= 11 is 5.98. The van der Waals surface area contributed by atoms with E-state index in [0.717, 1.165) is 11.3 Å². The molecule has 138 valence electrons. The van der Waals surface area contributed by atoms with Gasteiger partial charge in [0.1, 0.15) is 12.4 Å². The summed E-state index contributed by atoms with van der Waals surface area (Å²) in [6.45, 7) is 5.90. The maximum absolute atomic E-state index is 13.7. The number of nitrogens with zero attached hydrogens (tertiary/aromatic N) is 1. The third kappa shape index (κ3) is 6.19. The Balaban J connectivity index is 2.32. The molecular weight excluding hydrogens is 353 g/mol. The van der Waals surface area contributed by atoms with Crippen LogP contribution in [0.4, 0.5) is 10.1 Å². The normalized spacial score (nSPS) is 11.5. The van der Waals surface area contributed by atoms with Crippen molar-refractivity contribution >= 4 is 29.3 Å². The Morgan fingerprint density at radius 1 is 1.23 bits per heavy atom. The average molecular weight is 376 g/mol. The predicted molar refractivity (Wildman–Crippen MR) is 105 cm³/mol. The van der Waals surface area contributed by atoms with E-state index in [2.05, 4.69) is 0 Å². The first-order valence-corrected chi connectivity index (χ1v) is 8.84. The van der Waals surface area contributed by atoms with E-state index in [4.69, 9.17) is 16.3 Å². The summed E-state index contributed by atoms with van der Waals surface area (Å²) in [6.07, 6.45) is 1.54. The first-order chi connectivity index (χ1) is 12.3. The number of allylic oxidation sites excluding steroid dienone is 1. The van der Waals surface area contributed by atoms with Crippen LogP contribution in [0.5, 0.6) is 0 Å². The number of esters is 1. The van der Waals surface area contributed by atoms with Gasteiger partial charge < -0.3 is 9.64 Å². The first-order valence-electron chi connectivity index (χ1n) is 8.47. The fraction of sp³-hybridized carbons (Fsp3) is 0.286. The van der Waals surface area contributed by atoms with Gasteiger partial charge in [0.15, 0.2) is 0 Å². The van der Waals surface area contributed by atoms with E-state index < -0.39 is 0 Å². The summed E-state index contributed by atoms with van der Waals surface area (Å²) in [6, 6.07) is 14.1. The Kier molecular flexibility index (Phi) is 7.22. The van der Waals surface area contributed by atoms with E-state index in [1.165, 1.54) is 12.1 Å². The van der Waals surface area contributed by atoms with E-state index in [1.807, 2.05) is 49.1 Å². The molecule has 3 nitrogen and oxygen atoms in total. The summed E-state index contributed by atoms with van der Waals surface area (Å²) in [7, 11) is 0. The van der Waals surface area contributed by atoms with Gasteiger partial charge in [0.2, 0.25) is 0 Å².